The first kappa shape index (κ1) is 19.0. The summed E-state index contributed by atoms with van der Waals surface area (Å²) in [4.78, 5) is 19.6. The number of amides is 1. The minimum absolute atomic E-state index is 0.0500. The number of carbonyl (C=O) groups is 1. The summed E-state index contributed by atoms with van der Waals surface area (Å²) in [5, 5.41) is 14.8. The van der Waals surface area contributed by atoms with Gasteiger partial charge in [0.25, 0.3) is 5.91 Å². The van der Waals surface area contributed by atoms with E-state index in [9.17, 15) is 10.1 Å². The molecule has 1 aliphatic heterocycles. The molecule has 1 amide bonds. The molecule has 0 aliphatic carbocycles. The molecule has 0 saturated carbocycles. The van der Waals surface area contributed by atoms with Crippen molar-refractivity contribution in [2.24, 2.45) is 7.05 Å². The maximum Gasteiger partial charge on any atom is 0.258 e. The molecule has 31 heavy (non-hydrogen) atoms. The lowest BCUT2D eigenvalue weighted by Gasteiger charge is -2.30. The number of anilines is 1. The van der Waals surface area contributed by atoms with Gasteiger partial charge >= 0.3 is 0 Å². The van der Waals surface area contributed by atoms with Crippen LogP contribution in [-0.4, -0.2) is 27.2 Å². The molecular formula is C25H21N5O. The molecule has 0 radical (unpaired) electrons. The Morgan fingerprint density at radius 3 is 2.87 bits per heavy atom. The highest BCUT2D eigenvalue weighted by Gasteiger charge is 2.27. The molecule has 0 atom stereocenters. The van der Waals surface area contributed by atoms with Gasteiger partial charge in [0.1, 0.15) is 6.07 Å². The van der Waals surface area contributed by atoms with E-state index in [1.54, 1.807) is 15.6 Å². The van der Waals surface area contributed by atoms with Gasteiger partial charge in [-0.05, 0) is 66.3 Å². The average molecular weight is 407 g/mol. The molecule has 0 unspecified atom stereocenters. The highest BCUT2D eigenvalue weighted by Crippen LogP contribution is 2.29. The third-order valence-corrected chi connectivity index (χ3v) is 5.88. The molecule has 4 aromatic rings. The molecule has 0 saturated heterocycles. The largest absolute Gasteiger partial charge is 0.307 e. The lowest BCUT2D eigenvalue weighted by molar-refractivity contribution is 0.0980. The maximum absolute atomic E-state index is 13.4. The third kappa shape index (κ3) is 3.34. The predicted molar refractivity (Wildman–Crippen MR) is 119 cm³/mol. The lowest BCUT2D eigenvalue weighted by atomic mass is 9.90. The molecule has 0 bridgehead atoms. The van der Waals surface area contributed by atoms with Gasteiger partial charge in [-0.2, -0.15) is 10.4 Å². The Labute approximate surface area is 180 Å². The van der Waals surface area contributed by atoms with Gasteiger partial charge in [-0.15, -0.1) is 0 Å². The van der Waals surface area contributed by atoms with Crippen LogP contribution in [0.15, 0.2) is 54.9 Å². The summed E-state index contributed by atoms with van der Waals surface area (Å²) in [6.07, 6.45) is 5.27. The van der Waals surface area contributed by atoms with E-state index in [2.05, 4.69) is 35.2 Å². The maximum atomic E-state index is 13.4. The van der Waals surface area contributed by atoms with Crippen LogP contribution < -0.4 is 4.90 Å². The van der Waals surface area contributed by atoms with Crippen LogP contribution in [0.2, 0.25) is 0 Å². The topological polar surface area (TPSA) is 74.8 Å². The van der Waals surface area contributed by atoms with E-state index in [1.165, 1.54) is 5.56 Å². The van der Waals surface area contributed by atoms with E-state index in [0.717, 1.165) is 39.7 Å². The Hall–Kier alpha value is -3.98. The molecule has 2 aromatic carbocycles. The number of fused-ring (bicyclic) bond motifs is 2. The Balaban J connectivity index is 1.50. The SMILES string of the molecule is Cc1cc2c(cc1Cc1cnc3nn(C)cc3c1)C(=O)N(c1ccccc1C#N)CC2. The summed E-state index contributed by atoms with van der Waals surface area (Å²) in [7, 11) is 1.89. The summed E-state index contributed by atoms with van der Waals surface area (Å²) in [6, 6.07) is 15.7. The fourth-order valence-electron chi connectivity index (χ4n) is 4.32. The number of pyridine rings is 1. The molecule has 0 fully saturated rings. The van der Waals surface area contributed by atoms with Crippen molar-refractivity contribution in [1.82, 2.24) is 14.8 Å². The number of para-hydroxylation sites is 1. The molecule has 6 nitrogen and oxygen atoms in total. The zero-order valence-corrected chi connectivity index (χ0v) is 17.5. The van der Waals surface area contributed by atoms with Gasteiger partial charge in [-0.25, -0.2) is 4.98 Å². The monoisotopic (exact) mass is 407 g/mol. The van der Waals surface area contributed by atoms with E-state index in [1.807, 2.05) is 43.7 Å². The molecule has 0 spiro atoms. The first-order valence-corrected chi connectivity index (χ1v) is 10.2. The van der Waals surface area contributed by atoms with Crippen molar-refractivity contribution in [2.75, 3.05) is 11.4 Å². The summed E-state index contributed by atoms with van der Waals surface area (Å²) >= 11 is 0. The Bertz CT molecular complexity index is 1380. The molecule has 2 aromatic heterocycles. The number of nitrogens with zero attached hydrogens (tertiary/aromatic N) is 5. The Morgan fingerprint density at radius 1 is 1.19 bits per heavy atom. The molecule has 152 valence electrons. The summed E-state index contributed by atoms with van der Waals surface area (Å²) in [5.41, 5.74) is 7.06. The Kier molecular flexibility index (Phi) is 4.52. The number of benzene rings is 2. The van der Waals surface area contributed by atoms with E-state index in [4.69, 9.17) is 0 Å². The first-order chi connectivity index (χ1) is 15.0. The van der Waals surface area contributed by atoms with Crippen LogP contribution in [0.4, 0.5) is 5.69 Å². The van der Waals surface area contributed by atoms with E-state index in [0.29, 0.717) is 24.2 Å². The van der Waals surface area contributed by atoms with Crippen molar-refractivity contribution in [1.29, 1.82) is 5.26 Å². The number of aryl methyl sites for hydroxylation is 2. The van der Waals surface area contributed by atoms with E-state index < -0.39 is 0 Å². The van der Waals surface area contributed by atoms with Gasteiger partial charge in [-0.1, -0.05) is 18.2 Å². The normalized spacial score (nSPS) is 13.3. The summed E-state index contributed by atoms with van der Waals surface area (Å²) in [6.45, 7) is 2.67. The van der Waals surface area contributed by atoms with Crippen molar-refractivity contribution >= 4 is 22.6 Å². The molecular weight excluding hydrogens is 386 g/mol. The first-order valence-electron chi connectivity index (χ1n) is 10.2. The molecule has 0 N–H and O–H groups in total. The second kappa shape index (κ2) is 7.37. The minimum atomic E-state index is -0.0500. The number of hydrogen-bond donors (Lipinski definition) is 0. The van der Waals surface area contributed by atoms with Crippen LogP contribution in [-0.2, 0) is 19.9 Å². The molecule has 3 heterocycles. The fraction of sp³-hybridized carbons (Fsp3) is 0.200. The highest BCUT2D eigenvalue weighted by molar-refractivity contribution is 6.09. The van der Waals surface area contributed by atoms with Crippen molar-refractivity contribution in [3.8, 4) is 6.07 Å². The van der Waals surface area contributed by atoms with Crippen molar-refractivity contribution < 1.29 is 4.79 Å². The van der Waals surface area contributed by atoms with Gasteiger partial charge in [0.15, 0.2) is 5.65 Å². The zero-order chi connectivity index (χ0) is 21.5. The number of nitriles is 1. The van der Waals surface area contributed by atoms with Gasteiger partial charge in [0.2, 0.25) is 0 Å². The van der Waals surface area contributed by atoms with Gasteiger partial charge < -0.3 is 4.90 Å². The third-order valence-electron chi connectivity index (χ3n) is 5.88. The highest BCUT2D eigenvalue weighted by atomic mass is 16.2. The Morgan fingerprint density at radius 2 is 2.03 bits per heavy atom. The van der Waals surface area contributed by atoms with Gasteiger partial charge in [-0.3, -0.25) is 9.48 Å². The van der Waals surface area contributed by atoms with Crippen LogP contribution in [0.5, 0.6) is 0 Å². The van der Waals surface area contributed by atoms with Crippen LogP contribution in [0.1, 0.15) is 38.2 Å². The molecule has 5 rings (SSSR count). The summed E-state index contributed by atoms with van der Waals surface area (Å²) < 4.78 is 1.76. The smallest absolute Gasteiger partial charge is 0.258 e. The molecule has 6 heteroatoms. The standard InChI is InChI=1S/C25H21N5O/c1-16-9-18-7-8-30(23-6-4-3-5-19(23)13-26)25(31)22(18)12-20(16)10-17-11-21-15-29(2)28-24(21)27-14-17/h3-6,9,11-12,14-15H,7-8,10H2,1-2H3. The van der Waals surface area contributed by atoms with Crippen molar-refractivity contribution in [3.05, 3.63) is 88.2 Å². The van der Waals surface area contributed by atoms with Crippen LogP contribution in [0.25, 0.3) is 11.0 Å². The second-order valence-electron chi connectivity index (χ2n) is 8.01. The quantitative estimate of drug-likeness (QED) is 0.515. The predicted octanol–water partition coefficient (Wildman–Crippen LogP) is 3.94. The number of rotatable bonds is 3. The van der Waals surface area contributed by atoms with Crippen LogP contribution in [0.3, 0.4) is 0 Å². The lowest BCUT2D eigenvalue weighted by Crippen LogP contribution is -2.38. The van der Waals surface area contributed by atoms with Crippen molar-refractivity contribution in [3.63, 3.8) is 0 Å². The van der Waals surface area contributed by atoms with Crippen LogP contribution in [0, 0.1) is 18.3 Å². The summed E-state index contributed by atoms with van der Waals surface area (Å²) in [5.74, 6) is -0.0500. The van der Waals surface area contributed by atoms with E-state index >= 15 is 0 Å². The second-order valence-corrected chi connectivity index (χ2v) is 8.01. The number of carbonyl (C=O) groups excluding carboxylic acids is 1. The van der Waals surface area contributed by atoms with Crippen molar-refractivity contribution in [2.45, 2.75) is 19.8 Å². The fourth-order valence-corrected chi connectivity index (χ4v) is 4.32. The number of hydrogen-bond acceptors (Lipinski definition) is 4. The van der Waals surface area contributed by atoms with E-state index in [-0.39, 0.29) is 5.91 Å². The van der Waals surface area contributed by atoms with Crippen LogP contribution >= 0.6 is 0 Å². The number of aromatic nitrogens is 3. The minimum Gasteiger partial charge on any atom is -0.307 e. The molecule has 1 aliphatic rings. The van der Waals surface area contributed by atoms with Gasteiger partial charge in [0.05, 0.1) is 11.3 Å². The van der Waals surface area contributed by atoms with Gasteiger partial charge in [0, 0.05) is 36.9 Å². The average Bonchev–Trinajstić information content (AvgIpc) is 3.14. The zero-order valence-electron chi connectivity index (χ0n) is 17.5.